The Balaban J connectivity index is 2.07. The van der Waals surface area contributed by atoms with Gasteiger partial charge in [0.15, 0.2) is 0 Å². The zero-order valence-electron chi connectivity index (χ0n) is 10.6. The molecule has 0 aromatic carbocycles. The van der Waals surface area contributed by atoms with Crippen LogP contribution in [0, 0.1) is 11.8 Å². The molecule has 1 N–H and O–H groups in total. The van der Waals surface area contributed by atoms with Crippen LogP contribution in [0.4, 0.5) is 0 Å². The number of rotatable bonds is 2. The monoisotopic (exact) mass is 249 g/mol. The van der Waals surface area contributed by atoms with Crippen molar-refractivity contribution in [2.24, 2.45) is 11.8 Å². The largest absolute Gasteiger partial charge is 0.481 e. The van der Waals surface area contributed by atoms with Gasteiger partial charge < -0.3 is 10.0 Å². The highest BCUT2D eigenvalue weighted by Crippen LogP contribution is 2.28. The molecule has 0 bridgehead atoms. The number of hydrogen-bond donors (Lipinski definition) is 1. The maximum absolute atomic E-state index is 12.4. The summed E-state index contributed by atoms with van der Waals surface area (Å²) in [5.74, 6) is -1.81. The van der Waals surface area contributed by atoms with E-state index >= 15 is 0 Å². The molecule has 0 fully saturated rings. The molecule has 2 aliphatic rings. The van der Waals surface area contributed by atoms with Gasteiger partial charge in [0.2, 0.25) is 5.91 Å². The van der Waals surface area contributed by atoms with Crippen molar-refractivity contribution in [2.75, 3.05) is 13.1 Å². The van der Waals surface area contributed by atoms with Crippen molar-refractivity contribution in [3.8, 4) is 0 Å². The van der Waals surface area contributed by atoms with Crippen LogP contribution >= 0.6 is 0 Å². The first-order valence-corrected chi connectivity index (χ1v) is 6.42. The first kappa shape index (κ1) is 12.9. The van der Waals surface area contributed by atoms with Crippen molar-refractivity contribution in [1.29, 1.82) is 0 Å². The van der Waals surface area contributed by atoms with E-state index in [0.717, 1.165) is 6.42 Å². The third kappa shape index (κ3) is 2.63. The molecule has 98 valence electrons. The smallest absolute Gasteiger partial charge is 0.307 e. The number of carbonyl (C=O) groups is 2. The van der Waals surface area contributed by atoms with Crippen LogP contribution in [0.15, 0.2) is 23.8 Å². The molecule has 18 heavy (non-hydrogen) atoms. The maximum atomic E-state index is 12.4. The Bertz CT molecular complexity index is 411. The van der Waals surface area contributed by atoms with Crippen LogP contribution in [0.25, 0.3) is 0 Å². The summed E-state index contributed by atoms with van der Waals surface area (Å²) in [5, 5.41) is 9.18. The van der Waals surface area contributed by atoms with Gasteiger partial charge >= 0.3 is 5.97 Å². The Kier molecular flexibility index (Phi) is 3.84. The second-order valence-electron chi connectivity index (χ2n) is 5.08. The summed E-state index contributed by atoms with van der Waals surface area (Å²) in [6.45, 7) is 3.40. The van der Waals surface area contributed by atoms with E-state index in [0.29, 0.717) is 25.9 Å². The fourth-order valence-electron chi connectivity index (χ4n) is 2.57. The second-order valence-corrected chi connectivity index (χ2v) is 5.08. The fourth-order valence-corrected chi connectivity index (χ4v) is 2.57. The molecular formula is C14H19NO3. The number of amides is 1. The molecule has 1 heterocycles. The number of carbonyl (C=O) groups excluding carboxylic acids is 1. The Morgan fingerprint density at radius 1 is 1.28 bits per heavy atom. The van der Waals surface area contributed by atoms with Gasteiger partial charge in [0.1, 0.15) is 0 Å². The van der Waals surface area contributed by atoms with Gasteiger partial charge in [0.05, 0.1) is 11.8 Å². The highest BCUT2D eigenvalue weighted by Gasteiger charge is 2.36. The van der Waals surface area contributed by atoms with E-state index in [1.54, 1.807) is 4.90 Å². The molecule has 2 unspecified atom stereocenters. The van der Waals surface area contributed by atoms with E-state index in [9.17, 15) is 14.7 Å². The number of hydrogen-bond acceptors (Lipinski definition) is 2. The number of carboxylic acids is 1. The van der Waals surface area contributed by atoms with E-state index in [1.165, 1.54) is 5.57 Å². The average Bonchev–Trinajstić information content (AvgIpc) is 2.39. The van der Waals surface area contributed by atoms with Crippen LogP contribution in [-0.4, -0.2) is 35.0 Å². The highest BCUT2D eigenvalue weighted by atomic mass is 16.4. The van der Waals surface area contributed by atoms with Crippen molar-refractivity contribution in [3.05, 3.63) is 23.8 Å². The first-order chi connectivity index (χ1) is 8.59. The normalized spacial score (nSPS) is 27.8. The molecule has 4 nitrogen and oxygen atoms in total. The fraction of sp³-hybridized carbons (Fsp3) is 0.571. The molecule has 0 aromatic heterocycles. The molecule has 0 aromatic rings. The van der Waals surface area contributed by atoms with Gasteiger partial charge in [-0.1, -0.05) is 23.8 Å². The van der Waals surface area contributed by atoms with Gasteiger partial charge in [-0.3, -0.25) is 9.59 Å². The standard InChI is InChI=1S/C14H19NO3/c1-10-6-8-15(9-7-10)13(16)11-4-2-3-5-12(11)14(17)18/h2-3,6,11-12H,4-5,7-9H2,1H3,(H,17,18). The van der Waals surface area contributed by atoms with Crippen molar-refractivity contribution >= 4 is 11.9 Å². The third-order valence-electron chi connectivity index (χ3n) is 3.81. The van der Waals surface area contributed by atoms with Crippen LogP contribution in [0.1, 0.15) is 26.2 Å². The van der Waals surface area contributed by atoms with Gasteiger partial charge in [-0.15, -0.1) is 0 Å². The van der Waals surface area contributed by atoms with Gasteiger partial charge in [-0.2, -0.15) is 0 Å². The lowest BCUT2D eigenvalue weighted by atomic mass is 9.82. The zero-order valence-corrected chi connectivity index (χ0v) is 10.6. The average molecular weight is 249 g/mol. The molecule has 1 aliphatic heterocycles. The number of carboxylic acid groups (broad SMARTS) is 1. The quantitative estimate of drug-likeness (QED) is 0.760. The predicted octanol–water partition coefficient (Wildman–Crippen LogP) is 1.83. The molecule has 0 saturated carbocycles. The van der Waals surface area contributed by atoms with Gasteiger partial charge in [0, 0.05) is 13.1 Å². The van der Waals surface area contributed by atoms with Gasteiger partial charge in [-0.05, 0) is 26.2 Å². The molecular weight excluding hydrogens is 230 g/mol. The lowest BCUT2D eigenvalue weighted by Crippen LogP contribution is -2.43. The number of nitrogens with zero attached hydrogens (tertiary/aromatic N) is 1. The van der Waals surface area contributed by atoms with Crippen LogP contribution in [0.5, 0.6) is 0 Å². The lowest BCUT2D eigenvalue weighted by molar-refractivity contribution is -0.150. The summed E-state index contributed by atoms with van der Waals surface area (Å²) in [6, 6.07) is 0. The molecule has 2 atom stereocenters. The van der Waals surface area contributed by atoms with Crippen LogP contribution < -0.4 is 0 Å². The van der Waals surface area contributed by atoms with Crippen molar-refractivity contribution in [2.45, 2.75) is 26.2 Å². The van der Waals surface area contributed by atoms with Crippen molar-refractivity contribution in [3.63, 3.8) is 0 Å². The minimum Gasteiger partial charge on any atom is -0.481 e. The minimum absolute atomic E-state index is 0.00417. The SMILES string of the molecule is CC1=CCN(C(=O)C2CC=CCC2C(=O)O)CC1. The Morgan fingerprint density at radius 3 is 2.50 bits per heavy atom. The van der Waals surface area contributed by atoms with E-state index in [1.807, 2.05) is 12.2 Å². The second kappa shape index (κ2) is 5.38. The summed E-state index contributed by atoms with van der Waals surface area (Å²) in [5.41, 5.74) is 1.30. The van der Waals surface area contributed by atoms with Gasteiger partial charge in [-0.25, -0.2) is 0 Å². The number of aliphatic carboxylic acids is 1. The molecule has 0 saturated heterocycles. The van der Waals surface area contributed by atoms with Crippen molar-refractivity contribution in [1.82, 2.24) is 4.90 Å². The van der Waals surface area contributed by atoms with E-state index in [2.05, 4.69) is 13.0 Å². The maximum Gasteiger partial charge on any atom is 0.307 e. The van der Waals surface area contributed by atoms with Crippen LogP contribution in [0.3, 0.4) is 0 Å². The minimum atomic E-state index is -0.860. The summed E-state index contributed by atoms with van der Waals surface area (Å²) in [6.07, 6.45) is 7.75. The van der Waals surface area contributed by atoms with Crippen LogP contribution in [-0.2, 0) is 9.59 Å². The van der Waals surface area contributed by atoms with Crippen LogP contribution in [0.2, 0.25) is 0 Å². The first-order valence-electron chi connectivity index (χ1n) is 6.42. The Morgan fingerprint density at radius 2 is 1.94 bits per heavy atom. The number of allylic oxidation sites excluding steroid dienone is 2. The molecule has 2 rings (SSSR count). The lowest BCUT2D eigenvalue weighted by Gasteiger charge is -2.32. The molecule has 0 spiro atoms. The highest BCUT2D eigenvalue weighted by molar-refractivity contribution is 5.85. The Labute approximate surface area is 107 Å². The van der Waals surface area contributed by atoms with E-state index in [4.69, 9.17) is 0 Å². The molecule has 1 amide bonds. The molecule has 1 aliphatic carbocycles. The van der Waals surface area contributed by atoms with E-state index < -0.39 is 11.9 Å². The van der Waals surface area contributed by atoms with Crippen molar-refractivity contribution < 1.29 is 14.7 Å². The zero-order chi connectivity index (χ0) is 13.1. The molecule has 0 radical (unpaired) electrons. The summed E-state index contributed by atoms with van der Waals surface area (Å²) in [4.78, 5) is 25.3. The van der Waals surface area contributed by atoms with Gasteiger partial charge in [0.25, 0.3) is 0 Å². The van der Waals surface area contributed by atoms with E-state index in [-0.39, 0.29) is 11.8 Å². The summed E-state index contributed by atoms with van der Waals surface area (Å²) >= 11 is 0. The topological polar surface area (TPSA) is 57.6 Å². The third-order valence-corrected chi connectivity index (χ3v) is 3.81. The molecule has 4 heteroatoms. The Hall–Kier alpha value is -1.58. The summed E-state index contributed by atoms with van der Waals surface area (Å²) in [7, 11) is 0. The predicted molar refractivity (Wildman–Crippen MR) is 67.9 cm³/mol. The summed E-state index contributed by atoms with van der Waals surface area (Å²) < 4.78 is 0.